The van der Waals surface area contributed by atoms with Crippen LogP contribution in [0.5, 0.6) is 0 Å². The lowest BCUT2D eigenvalue weighted by atomic mass is 10.2. The molecule has 0 fully saturated rings. The van der Waals surface area contributed by atoms with Crippen molar-refractivity contribution in [2.45, 2.75) is 25.4 Å². The summed E-state index contributed by atoms with van der Waals surface area (Å²) in [6.07, 6.45) is -0.867. The van der Waals surface area contributed by atoms with Crippen LogP contribution in [0.4, 0.5) is 0 Å². The highest BCUT2D eigenvalue weighted by Crippen LogP contribution is 1.93. The molecule has 0 aliphatic heterocycles. The number of carboxylic acids is 2. The lowest BCUT2D eigenvalue weighted by Gasteiger charge is -1.96. The molecule has 0 unspecified atom stereocenters. The maximum absolute atomic E-state index is 9.79. The van der Waals surface area contributed by atoms with E-state index in [-0.39, 0.29) is 32.5 Å². The van der Waals surface area contributed by atoms with E-state index < -0.39 is 18.0 Å². The van der Waals surface area contributed by atoms with Crippen molar-refractivity contribution in [3.05, 3.63) is 0 Å². The van der Waals surface area contributed by atoms with E-state index in [1.165, 1.54) is 0 Å². The van der Waals surface area contributed by atoms with E-state index >= 15 is 0 Å². The first-order valence-corrected chi connectivity index (χ1v) is 4.27. The molecule has 0 aliphatic carbocycles. The summed E-state index contributed by atoms with van der Waals surface area (Å²) in [5.74, 6) is -1.90. The summed E-state index contributed by atoms with van der Waals surface area (Å²) in [4.78, 5) is 19.6. The Balaban J connectivity index is 0. The fraction of sp³-hybridized carbons (Fsp3) is 0.750. The Kier molecular flexibility index (Phi) is 11.8. The van der Waals surface area contributed by atoms with E-state index in [0.717, 1.165) is 0 Å². The molecule has 0 heterocycles. The van der Waals surface area contributed by atoms with Crippen molar-refractivity contribution in [1.29, 1.82) is 0 Å². The minimum absolute atomic E-state index is 0.0632. The number of carbonyl (C=O) groups is 2. The Morgan fingerprint density at radius 1 is 0.933 bits per heavy atom. The number of aliphatic hydroxyl groups is 3. The fourth-order valence-electron chi connectivity index (χ4n) is 0.449. The molecule has 90 valence electrons. The quantitative estimate of drug-likeness (QED) is 0.376. The highest BCUT2D eigenvalue weighted by molar-refractivity contribution is 5.69. The summed E-state index contributed by atoms with van der Waals surface area (Å²) in [5.41, 5.74) is 0. The van der Waals surface area contributed by atoms with Crippen LogP contribution in [-0.2, 0) is 9.59 Å². The molecule has 5 N–H and O–H groups in total. The van der Waals surface area contributed by atoms with Crippen molar-refractivity contribution < 1.29 is 35.1 Å². The lowest BCUT2D eigenvalue weighted by molar-refractivity contribution is -0.138. The van der Waals surface area contributed by atoms with Crippen molar-refractivity contribution in [2.24, 2.45) is 0 Å². The molecule has 0 atom stereocenters. The minimum Gasteiger partial charge on any atom is -0.481 e. The van der Waals surface area contributed by atoms with Gasteiger partial charge in [-0.25, -0.2) is 0 Å². The number of hydrogen-bond acceptors (Lipinski definition) is 5. The van der Waals surface area contributed by atoms with Gasteiger partial charge in [0.05, 0.1) is 13.2 Å². The zero-order valence-corrected chi connectivity index (χ0v) is 8.17. The molecule has 0 rings (SSSR count). The topological polar surface area (TPSA) is 135 Å². The minimum atomic E-state index is -0.954. The average Bonchev–Trinajstić information content (AvgIpc) is 2.16. The molecule has 15 heavy (non-hydrogen) atoms. The maximum Gasteiger partial charge on any atom is 0.303 e. The molecule has 0 bridgehead atoms. The number of hydrogen-bond donors (Lipinski definition) is 5. The van der Waals surface area contributed by atoms with Gasteiger partial charge in [0.15, 0.2) is 0 Å². The molecule has 0 saturated carbocycles. The second-order valence-corrected chi connectivity index (χ2v) is 2.66. The van der Waals surface area contributed by atoms with Crippen molar-refractivity contribution in [3.8, 4) is 0 Å². The van der Waals surface area contributed by atoms with E-state index in [1.807, 2.05) is 0 Å². The molecule has 0 aromatic heterocycles. The fourth-order valence-corrected chi connectivity index (χ4v) is 0.449. The Labute approximate surface area is 86.6 Å². The van der Waals surface area contributed by atoms with Gasteiger partial charge in [0.1, 0.15) is 6.10 Å². The normalized spacial score (nSPS) is 9.33. The number of rotatable bonds is 6. The number of carboxylic acid groups (broad SMARTS) is 2. The third-order valence-corrected chi connectivity index (χ3v) is 1.20. The molecule has 0 spiro atoms. The highest BCUT2D eigenvalue weighted by Gasteiger charge is 1.99. The van der Waals surface area contributed by atoms with Crippen LogP contribution < -0.4 is 0 Å². The van der Waals surface area contributed by atoms with Crippen LogP contribution in [0.3, 0.4) is 0 Å². The second kappa shape index (κ2) is 10.9. The molecule has 7 nitrogen and oxygen atoms in total. The number of aliphatic carboxylic acids is 2. The van der Waals surface area contributed by atoms with Gasteiger partial charge in [-0.15, -0.1) is 0 Å². The zero-order valence-electron chi connectivity index (χ0n) is 8.17. The van der Waals surface area contributed by atoms with Crippen LogP contribution in [0.2, 0.25) is 0 Å². The summed E-state index contributed by atoms with van der Waals surface area (Å²) in [5, 5.41) is 40.1. The van der Waals surface area contributed by atoms with Crippen LogP contribution >= 0.6 is 0 Å². The molecule has 0 radical (unpaired) electrons. The van der Waals surface area contributed by atoms with E-state index in [4.69, 9.17) is 25.5 Å². The Morgan fingerprint density at radius 2 is 1.27 bits per heavy atom. The standard InChI is InChI=1S/C5H8O4.C3H8O3/c6-4(7)2-1-3-5(8)9;4-1-3(6)2-5/h1-3H2,(H,6,7)(H,8,9);3-6H,1-2H2. The lowest BCUT2D eigenvalue weighted by Crippen LogP contribution is -2.15. The average molecular weight is 224 g/mol. The van der Waals surface area contributed by atoms with Gasteiger partial charge in [0.2, 0.25) is 0 Å². The van der Waals surface area contributed by atoms with Gasteiger partial charge < -0.3 is 25.5 Å². The van der Waals surface area contributed by atoms with Gasteiger partial charge in [0.25, 0.3) is 0 Å². The third-order valence-electron chi connectivity index (χ3n) is 1.20. The van der Waals surface area contributed by atoms with Crippen LogP contribution in [-0.4, -0.2) is 56.8 Å². The van der Waals surface area contributed by atoms with Gasteiger partial charge >= 0.3 is 11.9 Å². The molecule has 0 amide bonds. The van der Waals surface area contributed by atoms with Crippen molar-refractivity contribution >= 4 is 11.9 Å². The monoisotopic (exact) mass is 224 g/mol. The molecular weight excluding hydrogens is 208 g/mol. The van der Waals surface area contributed by atoms with Crippen molar-refractivity contribution in [1.82, 2.24) is 0 Å². The molecule has 0 saturated heterocycles. The molecule has 0 aliphatic rings. The van der Waals surface area contributed by atoms with Crippen molar-refractivity contribution in [3.63, 3.8) is 0 Å². The van der Waals surface area contributed by atoms with Crippen LogP contribution in [0, 0.1) is 0 Å². The Bertz CT molecular complexity index is 162. The first-order chi connectivity index (χ1) is 6.93. The number of aliphatic hydroxyl groups excluding tert-OH is 3. The summed E-state index contributed by atoms with van der Waals surface area (Å²) in [6, 6.07) is 0. The largest absolute Gasteiger partial charge is 0.481 e. The van der Waals surface area contributed by atoms with Gasteiger partial charge in [0, 0.05) is 12.8 Å². The zero-order chi connectivity index (χ0) is 12.3. The predicted octanol–water partition coefficient (Wildman–Crippen LogP) is -1.34. The summed E-state index contributed by atoms with van der Waals surface area (Å²) < 4.78 is 0. The first kappa shape index (κ1) is 16.3. The van der Waals surface area contributed by atoms with Crippen LogP contribution in [0.25, 0.3) is 0 Å². The van der Waals surface area contributed by atoms with E-state index in [9.17, 15) is 9.59 Å². The molecule has 0 aromatic carbocycles. The first-order valence-electron chi connectivity index (χ1n) is 4.27. The van der Waals surface area contributed by atoms with Crippen LogP contribution in [0.15, 0.2) is 0 Å². The molecule has 7 heteroatoms. The summed E-state index contributed by atoms with van der Waals surface area (Å²) >= 11 is 0. The Morgan fingerprint density at radius 3 is 1.40 bits per heavy atom. The van der Waals surface area contributed by atoms with Crippen molar-refractivity contribution in [2.75, 3.05) is 13.2 Å². The highest BCUT2D eigenvalue weighted by atomic mass is 16.4. The summed E-state index contributed by atoms with van der Waals surface area (Å²) in [6.45, 7) is -0.729. The second-order valence-electron chi connectivity index (χ2n) is 2.66. The molecule has 0 aromatic rings. The van der Waals surface area contributed by atoms with Gasteiger partial charge in [-0.2, -0.15) is 0 Å². The van der Waals surface area contributed by atoms with Gasteiger partial charge in [-0.1, -0.05) is 0 Å². The van der Waals surface area contributed by atoms with Crippen LogP contribution in [0.1, 0.15) is 19.3 Å². The predicted molar refractivity (Wildman–Crippen MR) is 49.3 cm³/mol. The Hall–Kier alpha value is -1.18. The smallest absolute Gasteiger partial charge is 0.303 e. The summed E-state index contributed by atoms with van der Waals surface area (Å²) in [7, 11) is 0. The SMILES string of the molecule is O=C(O)CCCC(=O)O.OCC(O)CO. The van der Waals surface area contributed by atoms with E-state index in [1.54, 1.807) is 0 Å². The van der Waals surface area contributed by atoms with E-state index in [0.29, 0.717) is 0 Å². The third kappa shape index (κ3) is 19.3. The van der Waals surface area contributed by atoms with E-state index in [2.05, 4.69) is 0 Å². The van der Waals surface area contributed by atoms with Gasteiger partial charge in [-0.3, -0.25) is 9.59 Å². The maximum atomic E-state index is 9.79. The van der Waals surface area contributed by atoms with Gasteiger partial charge in [-0.05, 0) is 6.42 Å². The molecular formula is C8H16O7.